The van der Waals surface area contributed by atoms with Crippen molar-refractivity contribution in [3.8, 4) is 0 Å². The highest BCUT2D eigenvalue weighted by atomic mass is 35.5. The minimum Gasteiger partial charge on any atom is -0.378 e. The van der Waals surface area contributed by atoms with Crippen LogP contribution >= 0.6 is 22.9 Å². The molecule has 1 aromatic heterocycles. The highest BCUT2D eigenvalue weighted by molar-refractivity contribution is 7.09. The van der Waals surface area contributed by atoms with Crippen molar-refractivity contribution in [3.63, 3.8) is 0 Å². The fraction of sp³-hybridized carbons (Fsp3) is 0.250. The van der Waals surface area contributed by atoms with Crippen molar-refractivity contribution in [3.05, 3.63) is 45.4 Å². The van der Waals surface area contributed by atoms with Crippen LogP contribution in [0.25, 0.3) is 0 Å². The van der Waals surface area contributed by atoms with Gasteiger partial charge in [-0.3, -0.25) is 4.98 Å². The molecule has 0 amide bonds. The van der Waals surface area contributed by atoms with Crippen molar-refractivity contribution in [2.75, 3.05) is 5.32 Å². The molecule has 2 rings (SSSR count). The Morgan fingerprint density at radius 2 is 2.11 bits per heavy atom. The second-order valence-electron chi connectivity index (χ2n) is 3.96. The van der Waals surface area contributed by atoms with E-state index in [4.69, 9.17) is 11.6 Å². The molecule has 0 bridgehead atoms. The van der Waals surface area contributed by atoms with Crippen LogP contribution in [0.5, 0.6) is 0 Å². The Labute approximate surface area is 117 Å². The number of halogens is 4. The summed E-state index contributed by atoms with van der Waals surface area (Å²) in [5.41, 5.74) is 1.21. The van der Waals surface area contributed by atoms with Crippen molar-refractivity contribution < 1.29 is 13.2 Å². The maximum absolute atomic E-state index is 12.7. The van der Waals surface area contributed by atoms with Crippen LogP contribution in [0.4, 0.5) is 18.9 Å². The minimum absolute atomic E-state index is 0.116. The van der Waals surface area contributed by atoms with Gasteiger partial charge in [-0.2, -0.15) is 13.2 Å². The lowest BCUT2D eigenvalue weighted by atomic mass is 10.1. The van der Waals surface area contributed by atoms with Crippen molar-refractivity contribution in [2.24, 2.45) is 0 Å². The predicted molar refractivity (Wildman–Crippen MR) is 70.6 cm³/mol. The number of hydrogen-bond donors (Lipinski definition) is 1. The van der Waals surface area contributed by atoms with Gasteiger partial charge in [-0.05, 0) is 25.1 Å². The molecule has 19 heavy (non-hydrogen) atoms. The molecule has 7 heteroatoms. The second kappa shape index (κ2) is 5.38. The molecule has 0 saturated carbocycles. The summed E-state index contributed by atoms with van der Waals surface area (Å²) in [4.78, 5) is 4.88. The zero-order chi connectivity index (χ0) is 14.0. The van der Waals surface area contributed by atoms with E-state index in [0.29, 0.717) is 5.69 Å². The van der Waals surface area contributed by atoms with E-state index < -0.39 is 11.7 Å². The Morgan fingerprint density at radius 1 is 1.37 bits per heavy atom. The van der Waals surface area contributed by atoms with E-state index >= 15 is 0 Å². The highest BCUT2D eigenvalue weighted by Gasteiger charge is 2.33. The van der Waals surface area contributed by atoms with E-state index in [-0.39, 0.29) is 11.1 Å². The van der Waals surface area contributed by atoms with Gasteiger partial charge >= 0.3 is 6.18 Å². The molecular formula is C12H10ClF3N2S. The summed E-state index contributed by atoms with van der Waals surface area (Å²) in [6, 6.07) is 3.66. The van der Waals surface area contributed by atoms with Crippen LogP contribution in [0, 0.1) is 0 Å². The molecule has 0 saturated heterocycles. The van der Waals surface area contributed by atoms with E-state index in [1.165, 1.54) is 23.5 Å². The summed E-state index contributed by atoms with van der Waals surface area (Å²) >= 11 is 7.00. The van der Waals surface area contributed by atoms with Crippen LogP contribution in [0.3, 0.4) is 0 Å². The number of nitrogens with zero attached hydrogens (tertiary/aromatic N) is 1. The van der Waals surface area contributed by atoms with Crippen LogP contribution in [0.1, 0.15) is 23.4 Å². The lowest BCUT2D eigenvalue weighted by Crippen LogP contribution is -2.09. The van der Waals surface area contributed by atoms with Crippen LogP contribution in [-0.2, 0) is 6.18 Å². The van der Waals surface area contributed by atoms with Crippen molar-refractivity contribution in [1.82, 2.24) is 4.98 Å². The van der Waals surface area contributed by atoms with Gasteiger partial charge in [0.25, 0.3) is 0 Å². The Hall–Kier alpha value is -1.27. The van der Waals surface area contributed by atoms with Gasteiger partial charge in [0.05, 0.1) is 22.1 Å². The third-order valence-corrected chi connectivity index (χ3v) is 3.82. The molecule has 0 aliphatic rings. The maximum atomic E-state index is 12.7. The molecule has 0 radical (unpaired) electrons. The molecular weight excluding hydrogens is 297 g/mol. The van der Waals surface area contributed by atoms with Crippen LogP contribution in [0.15, 0.2) is 29.9 Å². The molecule has 0 aliphatic carbocycles. The number of anilines is 1. The van der Waals surface area contributed by atoms with Crippen molar-refractivity contribution in [1.29, 1.82) is 0 Å². The van der Waals surface area contributed by atoms with Gasteiger partial charge in [-0.15, -0.1) is 11.3 Å². The normalized spacial score (nSPS) is 13.3. The first-order chi connectivity index (χ1) is 8.88. The smallest absolute Gasteiger partial charge is 0.378 e. The number of hydrogen-bond acceptors (Lipinski definition) is 3. The molecule has 0 fully saturated rings. The lowest BCUT2D eigenvalue weighted by Gasteiger charge is -2.16. The summed E-state index contributed by atoms with van der Waals surface area (Å²) in [5, 5.41) is 2.69. The zero-order valence-corrected chi connectivity index (χ0v) is 11.4. The fourth-order valence-electron chi connectivity index (χ4n) is 1.59. The Balaban J connectivity index is 2.22. The number of aromatic nitrogens is 1. The van der Waals surface area contributed by atoms with Gasteiger partial charge in [0, 0.05) is 16.8 Å². The van der Waals surface area contributed by atoms with Gasteiger partial charge < -0.3 is 5.32 Å². The van der Waals surface area contributed by atoms with Crippen LogP contribution in [0.2, 0.25) is 5.02 Å². The standard InChI is InChI=1S/C12H10ClF3N2S/c1-7(11-5-17-6-19-11)18-8-2-3-10(13)9(4-8)12(14,15)16/h2-7,18H,1H3. The molecule has 102 valence electrons. The molecule has 1 aromatic carbocycles. The zero-order valence-electron chi connectivity index (χ0n) is 9.83. The Kier molecular flexibility index (Phi) is 4.01. The maximum Gasteiger partial charge on any atom is 0.417 e. The van der Waals surface area contributed by atoms with E-state index in [1.807, 2.05) is 6.92 Å². The molecule has 1 unspecified atom stereocenters. The number of benzene rings is 1. The molecule has 1 N–H and O–H groups in total. The first-order valence-corrected chi connectivity index (χ1v) is 6.65. The van der Waals surface area contributed by atoms with Crippen molar-refractivity contribution in [2.45, 2.75) is 19.1 Å². The summed E-state index contributed by atoms with van der Waals surface area (Å²) in [6.45, 7) is 1.86. The van der Waals surface area contributed by atoms with Gasteiger partial charge in [-0.25, -0.2) is 0 Å². The first-order valence-electron chi connectivity index (χ1n) is 5.39. The van der Waals surface area contributed by atoms with Crippen LogP contribution < -0.4 is 5.32 Å². The van der Waals surface area contributed by atoms with E-state index in [9.17, 15) is 13.2 Å². The molecule has 0 spiro atoms. The molecule has 2 nitrogen and oxygen atoms in total. The van der Waals surface area contributed by atoms with Gasteiger partial charge in [-0.1, -0.05) is 11.6 Å². The largest absolute Gasteiger partial charge is 0.417 e. The molecule has 2 aromatic rings. The summed E-state index contributed by atoms with van der Waals surface area (Å²) < 4.78 is 38.2. The Bertz CT molecular complexity index is 555. The number of thiazole rings is 1. The molecule has 1 heterocycles. The average Bonchev–Trinajstić information content (AvgIpc) is 2.83. The SMILES string of the molecule is CC(Nc1ccc(Cl)c(C(F)(F)F)c1)c1cncs1. The monoisotopic (exact) mass is 306 g/mol. The predicted octanol–water partition coefficient (Wildman–Crippen LogP) is 4.99. The minimum atomic E-state index is -4.46. The third-order valence-electron chi connectivity index (χ3n) is 2.53. The average molecular weight is 307 g/mol. The number of alkyl halides is 3. The second-order valence-corrected chi connectivity index (χ2v) is 5.29. The number of nitrogens with one attached hydrogen (secondary N) is 1. The molecule has 1 atom stereocenters. The highest BCUT2D eigenvalue weighted by Crippen LogP contribution is 2.36. The Morgan fingerprint density at radius 3 is 2.68 bits per heavy atom. The topological polar surface area (TPSA) is 24.9 Å². The van der Waals surface area contributed by atoms with Gasteiger partial charge in [0.1, 0.15) is 0 Å². The van der Waals surface area contributed by atoms with Gasteiger partial charge in [0.15, 0.2) is 0 Å². The van der Waals surface area contributed by atoms with Crippen molar-refractivity contribution >= 4 is 28.6 Å². The van der Waals surface area contributed by atoms with E-state index in [1.54, 1.807) is 11.7 Å². The van der Waals surface area contributed by atoms with E-state index in [2.05, 4.69) is 10.3 Å². The van der Waals surface area contributed by atoms with E-state index in [0.717, 1.165) is 10.9 Å². The summed E-state index contributed by atoms with van der Waals surface area (Å²) in [5.74, 6) is 0. The lowest BCUT2D eigenvalue weighted by molar-refractivity contribution is -0.137. The van der Waals surface area contributed by atoms with Crippen LogP contribution in [-0.4, -0.2) is 4.98 Å². The summed E-state index contributed by atoms with van der Waals surface area (Å²) in [7, 11) is 0. The third kappa shape index (κ3) is 3.39. The number of rotatable bonds is 3. The fourth-order valence-corrected chi connectivity index (χ4v) is 2.45. The first kappa shape index (κ1) is 14.1. The van der Waals surface area contributed by atoms with Gasteiger partial charge in [0.2, 0.25) is 0 Å². The quantitative estimate of drug-likeness (QED) is 0.864. The summed E-state index contributed by atoms with van der Waals surface area (Å²) in [6.07, 6.45) is -2.77. The molecule has 0 aliphatic heterocycles.